The Kier molecular flexibility index (Phi) is 5.08. The van der Waals surface area contributed by atoms with E-state index in [1.165, 1.54) is 11.3 Å². The Morgan fingerprint density at radius 2 is 1.92 bits per heavy atom. The molecule has 0 fully saturated rings. The van der Waals surface area contributed by atoms with Crippen molar-refractivity contribution in [2.45, 2.75) is 6.92 Å². The van der Waals surface area contributed by atoms with Crippen molar-refractivity contribution in [2.24, 2.45) is 5.10 Å². The quantitative estimate of drug-likeness (QED) is 0.517. The number of nitrogens with zero attached hydrogens (tertiary/aromatic N) is 2. The monoisotopic (exact) mass is 339 g/mol. The number of anilines is 1. The normalized spacial score (nSPS) is 10.9. The maximum absolute atomic E-state index is 9.24. The number of phenolic OH excluding ortho intramolecular Hbond substituents is 1. The van der Waals surface area contributed by atoms with Gasteiger partial charge in [-0.3, -0.25) is 5.43 Å². The summed E-state index contributed by atoms with van der Waals surface area (Å²) in [5.41, 5.74) is 5.74. The maximum Gasteiger partial charge on any atom is 0.203 e. The summed E-state index contributed by atoms with van der Waals surface area (Å²) in [4.78, 5) is 4.51. The first-order valence-corrected chi connectivity index (χ1v) is 8.39. The van der Waals surface area contributed by atoms with E-state index in [4.69, 9.17) is 4.74 Å². The molecule has 0 atom stereocenters. The smallest absolute Gasteiger partial charge is 0.203 e. The highest BCUT2D eigenvalue weighted by Gasteiger charge is 2.04. The van der Waals surface area contributed by atoms with E-state index in [2.05, 4.69) is 15.5 Å². The number of aromatic hydroxyl groups is 1. The minimum atomic E-state index is 0.236. The molecule has 2 aromatic carbocycles. The molecule has 6 heteroatoms. The largest absolute Gasteiger partial charge is 0.508 e. The summed E-state index contributed by atoms with van der Waals surface area (Å²) in [5, 5.41) is 16.1. The lowest BCUT2D eigenvalue weighted by atomic mass is 10.2. The molecule has 0 saturated heterocycles. The molecular weight excluding hydrogens is 322 g/mol. The predicted octanol–water partition coefficient (Wildman–Crippen LogP) is 4.36. The van der Waals surface area contributed by atoms with Crippen LogP contribution in [0.15, 0.2) is 59.0 Å². The molecule has 3 aromatic rings. The molecule has 0 radical (unpaired) electrons. The molecule has 5 nitrogen and oxygen atoms in total. The molecule has 0 aliphatic heterocycles. The van der Waals surface area contributed by atoms with Crippen LogP contribution in [0.1, 0.15) is 12.5 Å². The summed E-state index contributed by atoms with van der Waals surface area (Å²) in [6.45, 7) is 2.62. The number of hydrazone groups is 1. The molecule has 2 N–H and O–H groups in total. The van der Waals surface area contributed by atoms with Crippen molar-refractivity contribution in [3.63, 3.8) is 0 Å². The van der Waals surface area contributed by atoms with E-state index in [1.54, 1.807) is 30.5 Å². The van der Waals surface area contributed by atoms with E-state index < -0.39 is 0 Å². The van der Waals surface area contributed by atoms with Gasteiger partial charge in [0.05, 0.1) is 18.5 Å². The third kappa shape index (κ3) is 4.11. The second-order valence-electron chi connectivity index (χ2n) is 4.96. The third-order valence-corrected chi connectivity index (χ3v) is 3.98. The van der Waals surface area contributed by atoms with Crippen LogP contribution < -0.4 is 10.2 Å². The number of ether oxygens (including phenoxy) is 1. The van der Waals surface area contributed by atoms with Crippen LogP contribution in [-0.4, -0.2) is 22.9 Å². The molecule has 0 unspecified atom stereocenters. The molecular formula is C18H17N3O2S. The van der Waals surface area contributed by atoms with Crippen LogP contribution in [0.5, 0.6) is 11.5 Å². The van der Waals surface area contributed by atoms with Crippen molar-refractivity contribution < 1.29 is 9.84 Å². The van der Waals surface area contributed by atoms with Gasteiger partial charge in [-0.25, -0.2) is 4.98 Å². The summed E-state index contributed by atoms with van der Waals surface area (Å²) in [6.07, 6.45) is 1.68. The van der Waals surface area contributed by atoms with E-state index in [9.17, 15) is 5.11 Å². The van der Waals surface area contributed by atoms with Crippen molar-refractivity contribution >= 4 is 22.7 Å². The summed E-state index contributed by atoms with van der Waals surface area (Å²) in [7, 11) is 0. The van der Waals surface area contributed by atoms with Crippen LogP contribution in [0.4, 0.5) is 5.13 Å². The minimum absolute atomic E-state index is 0.236. The molecule has 24 heavy (non-hydrogen) atoms. The van der Waals surface area contributed by atoms with Gasteiger partial charge >= 0.3 is 0 Å². The molecule has 0 aliphatic carbocycles. The zero-order valence-electron chi connectivity index (χ0n) is 13.1. The fraction of sp³-hybridized carbons (Fsp3) is 0.111. The molecule has 3 rings (SSSR count). The van der Waals surface area contributed by atoms with E-state index >= 15 is 0 Å². The van der Waals surface area contributed by atoms with Gasteiger partial charge < -0.3 is 9.84 Å². The number of benzene rings is 2. The number of hydrogen-bond donors (Lipinski definition) is 2. The van der Waals surface area contributed by atoms with Gasteiger partial charge in [0.25, 0.3) is 0 Å². The Hall–Kier alpha value is -2.86. The van der Waals surface area contributed by atoms with Gasteiger partial charge in [0, 0.05) is 10.9 Å². The maximum atomic E-state index is 9.24. The fourth-order valence-corrected chi connectivity index (χ4v) is 2.74. The highest BCUT2D eigenvalue weighted by atomic mass is 32.1. The number of phenols is 1. The molecule has 0 bridgehead atoms. The fourth-order valence-electron chi connectivity index (χ4n) is 2.07. The van der Waals surface area contributed by atoms with Crippen LogP contribution in [0.25, 0.3) is 11.3 Å². The van der Waals surface area contributed by atoms with E-state index in [0.717, 1.165) is 22.6 Å². The molecule has 1 aromatic heterocycles. The summed E-state index contributed by atoms with van der Waals surface area (Å²) < 4.78 is 5.44. The van der Waals surface area contributed by atoms with Crippen LogP contribution in [0.2, 0.25) is 0 Å². The average molecular weight is 339 g/mol. The number of hydrogen-bond acceptors (Lipinski definition) is 6. The van der Waals surface area contributed by atoms with Gasteiger partial charge in [0.2, 0.25) is 5.13 Å². The number of rotatable bonds is 6. The molecule has 0 aliphatic rings. The van der Waals surface area contributed by atoms with Crippen molar-refractivity contribution in [3.8, 4) is 22.8 Å². The van der Waals surface area contributed by atoms with Crippen molar-refractivity contribution in [3.05, 3.63) is 59.5 Å². The standard InChI is InChI=1S/C18H17N3O2S/c1-2-23-16-9-5-14(6-10-16)17-12-24-18(20-17)21-19-11-13-3-7-15(22)8-4-13/h3-12,22H,2H2,1H3,(H,20,21)/b19-11+. The van der Waals surface area contributed by atoms with Gasteiger partial charge in [-0.05, 0) is 61.0 Å². The Morgan fingerprint density at radius 3 is 2.62 bits per heavy atom. The van der Waals surface area contributed by atoms with Crippen LogP contribution in [0.3, 0.4) is 0 Å². The zero-order valence-corrected chi connectivity index (χ0v) is 14.0. The number of thiazole rings is 1. The Balaban J connectivity index is 1.63. The minimum Gasteiger partial charge on any atom is -0.508 e. The van der Waals surface area contributed by atoms with Crippen molar-refractivity contribution in [1.82, 2.24) is 4.98 Å². The summed E-state index contributed by atoms with van der Waals surface area (Å²) >= 11 is 1.49. The van der Waals surface area contributed by atoms with Crippen LogP contribution in [-0.2, 0) is 0 Å². The Labute approximate surface area is 144 Å². The summed E-state index contributed by atoms with van der Waals surface area (Å²) in [5.74, 6) is 1.09. The van der Waals surface area contributed by atoms with Gasteiger partial charge in [-0.1, -0.05) is 0 Å². The van der Waals surface area contributed by atoms with Crippen molar-refractivity contribution in [1.29, 1.82) is 0 Å². The lowest BCUT2D eigenvalue weighted by molar-refractivity contribution is 0.340. The molecule has 1 heterocycles. The average Bonchev–Trinajstić information content (AvgIpc) is 3.07. The van der Waals surface area contributed by atoms with Crippen LogP contribution in [0, 0.1) is 0 Å². The first-order valence-electron chi connectivity index (χ1n) is 7.51. The van der Waals surface area contributed by atoms with E-state index in [-0.39, 0.29) is 5.75 Å². The molecule has 122 valence electrons. The number of aromatic nitrogens is 1. The lowest BCUT2D eigenvalue weighted by Crippen LogP contribution is -1.91. The van der Waals surface area contributed by atoms with Gasteiger partial charge in [0.1, 0.15) is 11.5 Å². The summed E-state index contributed by atoms with van der Waals surface area (Å²) in [6, 6.07) is 14.7. The van der Waals surface area contributed by atoms with Gasteiger partial charge in [-0.15, -0.1) is 11.3 Å². The highest BCUT2D eigenvalue weighted by Crippen LogP contribution is 2.26. The SMILES string of the molecule is CCOc1ccc(-c2csc(N/N=C/c3ccc(O)cc3)n2)cc1. The zero-order chi connectivity index (χ0) is 16.8. The first-order chi connectivity index (χ1) is 11.7. The van der Waals surface area contributed by atoms with Crippen LogP contribution >= 0.6 is 11.3 Å². The molecule has 0 spiro atoms. The van der Waals surface area contributed by atoms with Gasteiger partial charge in [-0.2, -0.15) is 5.10 Å². The van der Waals surface area contributed by atoms with E-state index in [0.29, 0.717) is 11.7 Å². The second-order valence-corrected chi connectivity index (χ2v) is 5.81. The van der Waals surface area contributed by atoms with Crippen molar-refractivity contribution in [2.75, 3.05) is 12.0 Å². The van der Waals surface area contributed by atoms with E-state index in [1.807, 2.05) is 36.6 Å². The first kappa shape index (κ1) is 16.0. The number of nitrogens with one attached hydrogen (secondary N) is 1. The molecule has 0 saturated carbocycles. The lowest BCUT2D eigenvalue weighted by Gasteiger charge is -2.03. The highest BCUT2D eigenvalue weighted by molar-refractivity contribution is 7.14. The Bertz CT molecular complexity index is 811. The van der Waals surface area contributed by atoms with Gasteiger partial charge in [0.15, 0.2) is 0 Å². The topological polar surface area (TPSA) is 66.7 Å². The second kappa shape index (κ2) is 7.61. The Morgan fingerprint density at radius 1 is 1.17 bits per heavy atom. The predicted molar refractivity (Wildman–Crippen MR) is 98.0 cm³/mol. The molecule has 0 amide bonds. The third-order valence-electron chi connectivity index (χ3n) is 3.23.